The Morgan fingerprint density at radius 1 is 0.872 bits per heavy atom. The molecule has 3 heterocycles. The molecule has 0 N–H and O–H groups in total. The van der Waals surface area contributed by atoms with E-state index in [2.05, 4.69) is 103 Å². The molecule has 39 heavy (non-hydrogen) atoms. The van der Waals surface area contributed by atoms with Gasteiger partial charge in [-0.25, -0.2) is 4.98 Å². The van der Waals surface area contributed by atoms with Crippen molar-refractivity contribution in [2.24, 2.45) is 5.92 Å². The molecule has 7 heteroatoms. The summed E-state index contributed by atoms with van der Waals surface area (Å²) in [6.45, 7) is 8.23. The molecule has 0 radical (unpaired) electrons. The minimum atomic E-state index is 0.125. The molecule has 6 rings (SSSR count). The van der Waals surface area contributed by atoms with Gasteiger partial charge in [0.1, 0.15) is 5.82 Å². The number of benzene rings is 3. The van der Waals surface area contributed by atoms with Gasteiger partial charge in [0.2, 0.25) is 5.91 Å². The predicted octanol–water partition coefficient (Wildman–Crippen LogP) is 5.91. The Labute approximate surface area is 239 Å². The summed E-state index contributed by atoms with van der Waals surface area (Å²) in [6.07, 6.45) is 2.88. The molecule has 0 spiro atoms. The van der Waals surface area contributed by atoms with Crippen molar-refractivity contribution in [3.8, 4) is 5.69 Å². The van der Waals surface area contributed by atoms with Gasteiger partial charge in [0.15, 0.2) is 0 Å². The summed E-state index contributed by atoms with van der Waals surface area (Å²) in [6, 6.07) is 25.6. The van der Waals surface area contributed by atoms with Crippen LogP contribution >= 0.6 is 15.9 Å². The van der Waals surface area contributed by atoms with E-state index in [1.54, 1.807) is 0 Å². The van der Waals surface area contributed by atoms with E-state index in [1.807, 2.05) is 12.1 Å². The van der Waals surface area contributed by atoms with Crippen molar-refractivity contribution in [3.05, 3.63) is 88.7 Å². The van der Waals surface area contributed by atoms with Crippen molar-refractivity contribution < 1.29 is 4.79 Å². The quantitative estimate of drug-likeness (QED) is 0.282. The lowest BCUT2D eigenvalue weighted by molar-refractivity contribution is -0.137. The summed E-state index contributed by atoms with van der Waals surface area (Å²) in [5.41, 5.74) is 5.87. The first-order chi connectivity index (χ1) is 19.1. The maximum absolute atomic E-state index is 13.4. The number of fused-ring (bicyclic) bond motifs is 1. The zero-order valence-electron chi connectivity index (χ0n) is 22.6. The van der Waals surface area contributed by atoms with Crippen LogP contribution in [0.5, 0.6) is 0 Å². The van der Waals surface area contributed by atoms with Gasteiger partial charge in [0.25, 0.3) is 0 Å². The third-order valence-corrected chi connectivity index (χ3v) is 8.79. The molecule has 1 aromatic heterocycles. The highest BCUT2D eigenvalue weighted by atomic mass is 79.9. The van der Waals surface area contributed by atoms with Crippen LogP contribution in [-0.2, 0) is 17.8 Å². The second kappa shape index (κ2) is 11.5. The normalized spacial score (nSPS) is 17.2. The van der Waals surface area contributed by atoms with Gasteiger partial charge in [-0.2, -0.15) is 0 Å². The molecule has 4 aromatic rings. The van der Waals surface area contributed by atoms with Gasteiger partial charge in [-0.05, 0) is 80.4 Å². The largest absolute Gasteiger partial charge is 0.368 e. The average Bonchev–Trinajstić information content (AvgIpc) is 3.35. The number of carbonyl (C=O) groups is 1. The highest BCUT2D eigenvalue weighted by Crippen LogP contribution is 2.27. The van der Waals surface area contributed by atoms with Crippen LogP contribution < -0.4 is 4.90 Å². The number of aryl methyl sites for hydroxylation is 1. The molecule has 0 unspecified atom stereocenters. The third-order valence-electron chi connectivity index (χ3n) is 8.30. The first kappa shape index (κ1) is 26.1. The summed E-state index contributed by atoms with van der Waals surface area (Å²) >= 11 is 3.63. The molecule has 0 saturated carbocycles. The first-order valence-corrected chi connectivity index (χ1v) is 15.0. The number of hydrogen-bond donors (Lipinski definition) is 0. The van der Waals surface area contributed by atoms with Gasteiger partial charge in [0.05, 0.1) is 17.6 Å². The summed E-state index contributed by atoms with van der Waals surface area (Å²) < 4.78 is 3.32. The van der Waals surface area contributed by atoms with Crippen LogP contribution in [0.2, 0.25) is 0 Å². The van der Waals surface area contributed by atoms with Crippen LogP contribution in [0.25, 0.3) is 16.7 Å². The number of piperidine rings is 1. The fourth-order valence-corrected chi connectivity index (χ4v) is 6.40. The van der Waals surface area contributed by atoms with Crippen LogP contribution in [0.1, 0.15) is 31.2 Å². The number of likely N-dealkylation sites (tertiary alicyclic amines) is 1. The SMILES string of the molecule is CCc1ccc(N2CCN(C(=O)C3CCN(Cc4nc5ccccc5n4-c4cccc(Br)c4)CC3)CC2)cc1. The second-order valence-electron chi connectivity index (χ2n) is 10.7. The third kappa shape index (κ3) is 5.61. The van der Waals surface area contributed by atoms with Crippen molar-refractivity contribution in [3.63, 3.8) is 0 Å². The van der Waals surface area contributed by atoms with Gasteiger partial charge < -0.3 is 9.80 Å². The van der Waals surface area contributed by atoms with Gasteiger partial charge in [-0.1, -0.05) is 53.2 Å². The molecule has 2 aliphatic rings. The number of nitrogens with zero attached hydrogens (tertiary/aromatic N) is 5. The van der Waals surface area contributed by atoms with E-state index < -0.39 is 0 Å². The van der Waals surface area contributed by atoms with E-state index in [4.69, 9.17) is 4.98 Å². The predicted molar refractivity (Wildman–Crippen MR) is 161 cm³/mol. The topological polar surface area (TPSA) is 44.6 Å². The fourth-order valence-electron chi connectivity index (χ4n) is 6.01. The number of carbonyl (C=O) groups excluding carboxylic acids is 1. The van der Waals surface area contributed by atoms with Gasteiger partial charge >= 0.3 is 0 Å². The Morgan fingerprint density at radius 2 is 1.62 bits per heavy atom. The maximum atomic E-state index is 13.4. The first-order valence-electron chi connectivity index (χ1n) is 14.2. The van der Waals surface area contributed by atoms with E-state index in [0.29, 0.717) is 5.91 Å². The summed E-state index contributed by atoms with van der Waals surface area (Å²) in [5.74, 6) is 1.51. The van der Waals surface area contributed by atoms with Gasteiger partial charge in [-0.3, -0.25) is 14.3 Å². The van der Waals surface area contributed by atoms with Crippen LogP contribution in [0.15, 0.2) is 77.3 Å². The lowest BCUT2D eigenvalue weighted by atomic mass is 9.95. The molecule has 6 nitrogen and oxygen atoms in total. The monoisotopic (exact) mass is 585 g/mol. The molecule has 0 atom stereocenters. The number of aromatic nitrogens is 2. The zero-order chi connectivity index (χ0) is 26.8. The number of anilines is 1. The summed E-state index contributed by atoms with van der Waals surface area (Å²) in [7, 11) is 0. The van der Waals surface area contributed by atoms with Crippen LogP contribution in [0, 0.1) is 5.92 Å². The summed E-state index contributed by atoms with van der Waals surface area (Å²) in [4.78, 5) is 25.4. The van der Waals surface area contributed by atoms with E-state index in [0.717, 1.165) is 92.1 Å². The molecule has 0 bridgehead atoms. The number of para-hydroxylation sites is 2. The Bertz CT molecular complexity index is 1430. The van der Waals surface area contributed by atoms with Crippen molar-refractivity contribution in [1.29, 1.82) is 0 Å². The average molecular weight is 587 g/mol. The van der Waals surface area contributed by atoms with Crippen molar-refractivity contribution >= 4 is 38.6 Å². The Morgan fingerprint density at radius 3 is 2.33 bits per heavy atom. The fraction of sp³-hybridized carbons (Fsp3) is 0.375. The molecule has 3 aromatic carbocycles. The lowest BCUT2D eigenvalue weighted by Gasteiger charge is -2.39. The molecular weight excluding hydrogens is 550 g/mol. The minimum absolute atomic E-state index is 0.125. The number of rotatable bonds is 6. The number of imidazole rings is 1. The zero-order valence-corrected chi connectivity index (χ0v) is 24.2. The molecule has 202 valence electrons. The second-order valence-corrected chi connectivity index (χ2v) is 11.6. The molecule has 2 fully saturated rings. The molecule has 0 aliphatic carbocycles. The molecule has 2 saturated heterocycles. The van der Waals surface area contributed by atoms with Crippen molar-refractivity contribution in [2.45, 2.75) is 32.7 Å². The van der Waals surface area contributed by atoms with Crippen molar-refractivity contribution in [1.82, 2.24) is 19.4 Å². The van der Waals surface area contributed by atoms with Crippen LogP contribution in [0.4, 0.5) is 5.69 Å². The number of piperazine rings is 1. The minimum Gasteiger partial charge on any atom is -0.368 e. The highest BCUT2D eigenvalue weighted by molar-refractivity contribution is 9.10. The number of hydrogen-bond acceptors (Lipinski definition) is 4. The smallest absolute Gasteiger partial charge is 0.225 e. The summed E-state index contributed by atoms with van der Waals surface area (Å²) in [5, 5.41) is 0. The van der Waals surface area contributed by atoms with E-state index >= 15 is 0 Å². The Hall–Kier alpha value is -3.16. The van der Waals surface area contributed by atoms with Crippen molar-refractivity contribution in [2.75, 3.05) is 44.2 Å². The maximum Gasteiger partial charge on any atom is 0.225 e. The highest BCUT2D eigenvalue weighted by Gasteiger charge is 2.31. The molecular formula is C32H36BrN5O. The molecule has 1 amide bonds. The van der Waals surface area contributed by atoms with E-state index in [1.165, 1.54) is 11.3 Å². The Balaban J connectivity index is 1.07. The van der Waals surface area contributed by atoms with Crippen LogP contribution in [-0.4, -0.2) is 64.5 Å². The Kier molecular flexibility index (Phi) is 7.71. The molecule has 2 aliphatic heterocycles. The van der Waals surface area contributed by atoms with Crippen LogP contribution in [0.3, 0.4) is 0 Å². The number of amides is 1. The van der Waals surface area contributed by atoms with E-state index in [-0.39, 0.29) is 5.92 Å². The van der Waals surface area contributed by atoms with Gasteiger partial charge in [-0.15, -0.1) is 0 Å². The van der Waals surface area contributed by atoms with Gasteiger partial charge in [0, 0.05) is 47.9 Å². The number of halogens is 1. The van der Waals surface area contributed by atoms with E-state index in [9.17, 15) is 4.79 Å². The lowest BCUT2D eigenvalue weighted by Crippen LogP contribution is -2.51. The standard InChI is InChI=1S/C32H36BrN5O/c1-2-24-10-12-27(13-11-24)36-18-20-37(21-19-36)32(39)25-14-16-35(17-15-25)23-31-34-29-8-3-4-9-30(29)38(31)28-7-5-6-26(33)22-28/h3-13,22,25H,2,14-21,23H2,1H3.